The van der Waals surface area contributed by atoms with Gasteiger partial charge in [0, 0.05) is 5.56 Å². The van der Waals surface area contributed by atoms with Crippen molar-refractivity contribution in [3.63, 3.8) is 0 Å². The number of para-hydroxylation sites is 1. The van der Waals surface area contributed by atoms with Crippen LogP contribution in [0.25, 0.3) is 6.08 Å². The lowest BCUT2D eigenvalue weighted by molar-refractivity contribution is -0.145. The molecular formula is C25H21NO4. The zero-order valence-electron chi connectivity index (χ0n) is 16.3. The van der Waals surface area contributed by atoms with E-state index in [0.29, 0.717) is 5.57 Å². The first kappa shape index (κ1) is 19.5. The summed E-state index contributed by atoms with van der Waals surface area (Å²) in [5.41, 5.74) is 3.09. The molecule has 0 spiro atoms. The Kier molecular flexibility index (Phi) is 5.90. The Morgan fingerprint density at radius 1 is 0.867 bits per heavy atom. The highest BCUT2D eigenvalue weighted by atomic mass is 16.5. The van der Waals surface area contributed by atoms with Crippen molar-refractivity contribution < 1.29 is 19.1 Å². The molecule has 0 aliphatic carbocycles. The summed E-state index contributed by atoms with van der Waals surface area (Å²) in [7, 11) is 0. The molecular weight excluding hydrogens is 378 g/mol. The van der Waals surface area contributed by atoms with Crippen molar-refractivity contribution in [1.82, 2.24) is 5.32 Å². The van der Waals surface area contributed by atoms with Crippen LogP contribution in [-0.2, 0) is 14.3 Å². The fourth-order valence-corrected chi connectivity index (χ4v) is 3.31. The van der Waals surface area contributed by atoms with Gasteiger partial charge in [-0.1, -0.05) is 78.9 Å². The number of carbonyl (C=O) groups excluding carboxylic acids is 2. The van der Waals surface area contributed by atoms with Crippen LogP contribution in [0.5, 0.6) is 5.75 Å². The van der Waals surface area contributed by atoms with E-state index in [-0.39, 0.29) is 25.2 Å². The predicted octanol–water partition coefficient (Wildman–Crippen LogP) is 3.91. The van der Waals surface area contributed by atoms with Crippen molar-refractivity contribution in [1.29, 1.82) is 0 Å². The lowest BCUT2D eigenvalue weighted by Gasteiger charge is -2.20. The lowest BCUT2D eigenvalue weighted by Crippen LogP contribution is -2.33. The monoisotopic (exact) mass is 399 g/mol. The molecule has 1 heterocycles. The average Bonchev–Trinajstić information content (AvgIpc) is 2.81. The Balaban J connectivity index is 1.41. The summed E-state index contributed by atoms with van der Waals surface area (Å²) < 4.78 is 10.8. The zero-order valence-corrected chi connectivity index (χ0v) is 16.3. The first-order valence-electron chi connectivity index (χ1n) is 9.69. The third-order valence-corrected chi connectivity index (χ3v) is 4.80. The maximum Gasteiger partial charge on any atom is 0.338 e. The van der Waals surface area contributed by atoms with Crippen LogP contribution in [0, 0.1) is 0 Å². The van der Waals surface area contributed by atoms with Gasteiger partial charge < -0.3 is 14.8 Å². The highest BCUT2D eigenvalue weighted by Crippen LogP contribution is 2.26. The second-order valence-corrected chi connectivity index (χ2v) is 6.89. The highest BCUT2D eigenvalue weighted by molar-refractivity contribution is 5.96. The van der Waals surface area contributed by atoms with Crippen LogP contribution in [0.4, 0.5) is 0 Å². The molecule has 5 nitrogen and oxygen atoms in total. The molecule has 1 aliphatic rings. The molecule has 4 rings (SSSR count). The van der Waals surface area contributed by atoms with Crippen LogP contribution >= 0.6 is 0 Å². The van der Waals surface area contributed by atoms with Gasteiger partial charge >= 0.3 is 5.97 Å². The third kappa shape index (κ3) is 4.58. The minimum absolute atomic E-state index is 0.119. The lowest BCUT2D eigenvalue weighted by atomic mass is 9.99. The number of rotatable bonds is 6. The molecule has 1 N–H and O–H groups in total. The molecule has 0 saturated heterocycles. The largest absolute Gasteiger partial charge is 0.488 e. The highest BCUT2D eigenvalue weighted by Gasteiger charge is 2.21. The molecule has 0 unspecified atom stereocenters. The molecule has 0 bridgehead atoms. The van der Waals surface area contributed by atoms with Gasteiger partial charge in [0.2, 0.25) is 0 Å². The molecule has 0 aromatic heterocycles. The second kappa shape index (κ2) is 9.09. The summed E-state index contributed by atoms with van der Waals surface area (Å²) in [6.45, 7) is -0.248. The Morgan fingerprint density at radius 3 is 2.13 bits per heavy atom. The van der Waals surface area contributed by atoms with Gasteiger partial charge in [0.15, 0.2) is 6.61 Å². The first-order chi connectivity index (χ1) is 14.7. The quantitative estimate of drug-likeness (QED) is 0.639. The van der Waals surface area contributed by atoms with Crippen LogP contribution < -0.4 is 10.1 Å². The number of hydrogen-bond donors (Lipinski definition) is 1. The molecule has 3 aromatic carbocycles. The SMILES string of the molecule is O=C(COC(=O)C1=Cc2ccccc2OC1)NC(c1ccccc1)c1ccccc1. The molecule has 30 heavy (non-hydrogen) atoms. The molecule has 150 valence electrons. The standard InChI is InChI=1S/C25H21NO4/c27-23(17-30-25(28)21-15-20-13-7-8-14-22(20)29-16-21)26-24(18-9-3-1-4-10-18)19-11-5-2-6-12-19/h1-15,24H,16-17H2,(H,26,27). The van der Waals surface area contributed by atoms with Crippen LogP contribution in [-0.4, -0.2) is 25.1 Å². The number of esters is 1. The van der Waals surface area contributed by atoms with Gasteiger partial charge in [0.1, 0.15) is 12.4 Å². The van der Waals surface area contributed by atoms with E-state index in [1.165, 1.54) is 0 Å². The minimum Gasteiger partial charge on any atom is -0.488 e. The number of carbonyl (C=O) groups is 2. The Morgan fingerprint density at radius 2 is 1.47 bits per heavy atom. The maximum absolute atomic E-state index is 12.5. The number of nitrogens with one attached hydrogen (secondary N) is 1. The van der Waals surface area contributed by atoms with Gasteiger partial charge in [-0.2, -0.15) is 0 Å². The van der Waals surface area contributed by atoms with Gasteiger partial charge in [0.25, 0.3) is 5.91 Å². The second-order valence-electron chi connectivity index (χ2n) is 6.89. The maximum atomic E-state index is 12.5. The number of benzene rings is 3. The van der Waals surface area contributed by atoms with Gasteiger partial charge in [-0.15, -0.1) is 0 Å². The summed E-state index contributed by atoms with van der Waals surface area (Å²) in [4.78, 5) is 24.9. The van der Waals surface area contributed by atoms with Crippen LogP contribution in [0.2, 0.25) is 0 Å². The smallest absolute Gasteiger partial charge is 0.338 e. The zero-order chi connectivity index (χ0) is 20.8. The van der Waals surface area contributed by atoms with Crippen molar-refractivity contribution >= 4 is 18.0 Å². The van der Waals surface area contributed by atoms with Crippen molar-refractivity contribution in [3.05, 3.63) is 107 Å². The summed E-state index contributed by atoms with van der Waals surface area (Å²) in [6.07, 6.45) is 1.73. The van der Waals surface area contributed by atoms with Gasteiger partial charge in [0.05, 0.1) is 11.6 Å². The normalized spacial score (nSPS) is 12.4. The number of amides is 1. The molecule has 0 atom stereocenters. The van der Waals surface area contributed by atoms with Crippen molar-refractivity contribution in [2.24, 2.45) is 0 Å². The molecule has 0 saturated carbocycles. The van der Waals surface area contributed by atoms with Gasteiger partial charge in [-0.25, -0.2) is 4.79 Å². The van der Waals surface area contributed by atoms with Crippen molar-refractivity contribution in [3.8, 4) is 5.75 Å². The van der Waals surface area contributed by atoms with E-state index in [2.05, 4.69) is 5.32 Å². The van der Waals surface area contributed by atoms with Gasteiger partial charge in [-0.3, -0.25) is 4.79 Å². The number of fused-ring (bicyclic) bond motifs is 1. The van der Waals surface area contributed by atoms with Crippen LogP contribution in [0.15, 0.2) is 90.5 Å². The summed E-state index contributed by atoms with van der Waals surface area (Å²) in [5, 5.41) is 2.96. The molecule has 0 radical (unpaired) electrons. The van der Waals surface area contributed by atoms with E-state index in [1.807, 2.05) is 84.9 Å². The summed E-state index contributed by atoms with van der Waals surface area (Å²) in [6, 6.07) is 26.4. The molecule has 0 fully saturated rings. The Labute approximate surface area is 175 Å². The van der Waals surface area contributed by atoms with Crippen LogP contribution in [0.1, 0.15) is 22.7 Å². The molecule has 1 amide bonds. The molecule has 3 aromatic rings. The molecule has 1 aliphatic heterocycles. The van der Waals surface area contributed by atoms with Gasteiger partial charge in [-0.05, 0) is 23.3 Å². The first-order valence-corrected chi connectivity index (χ1v) is 9.69. The van der Waals surface area contributed by atoms with E-state index >= 15 is 0 Å². The predicted molar refractivity (Wildman–Crippen MR) is 114 cm³/mol. The third-order valence-electron chi connectivity index (χ3n) is 4.80. The summed E-state index contributed by atoms with van der Waals surface area (Å²) >= 11 is 0. The van der Waals surface area contributed by atoms with E-state index < -0.39 is 5.97 Å². The van der Waals surface area contributed by atoms with Crippen molar-refractivity contribution in [2.45, 2.75) is 6.04 Å². The number of ether oxygens (including phenoxy) is 2. The Hall–Kier alpha value is -3.86. The average molecular weight is 399 g/mol. The van der Waals surface area contributed by atoms with Crippen molar-refractivity contribution in [2.75, 3.05) is 13.2 Å². The fraction of sp³-hybridized carbons (Fsp3) is 0.120. The Bertz CT molecular complexity index is 1020. The molecule has 5 heteroatoms. The fourth-order valence-electron chi connectivity index (χ4n) is 3.31. The number of hydrogen-bond acceptors (Lipinski definition) is 4. The van der Waals surface area contributed by atoms with E-state index in [1.54, 1.807) is 6.08 Å². The van der Waals surface area contributed by atoms with E-state index in [4.69, 9.17) is 9.47 Å². The minimum atomic E-state index is -0.560. The van der Waals surface area contributed by atoms with Crippen LogP contribution in [0.3, 0.4) is 0 Å². The van der Waals surface area contributed by atoms with E-state index in [9.17, 15) is 9.59 Å². The topological polar surface area (TPSA) is 64.6 Å². The van der Waals surface area contributed by atoms with E-state index in [0.717, 1.165) is 22.4 Å². The summed E-state index contributed by atoms with van der Waals surface area (Å²) in [5.74, 6) is -0.213.